The van der Waals surface area contributed by atoms with Crippen molar-refractivity contribution in [3.05, 3.63) is 65.8 Å². The lowest BCUT2D eigenvalue weighted by molar-refractivity contribution is 0.0673. The van der Waals surface area contributed by atoms with Crippen molar-refractivity contribution in [3.63, 3.8) is 0 Å². The van der Waals surface area contributed by atoms with Gasteiger partial charge in [0, 0.05) is 36.2 Å². The van der Waals surface area contributed by atoms with E-state index in [-0.39, 0.29) is 11.8 Å². The minimum Gasteiger partial charge on any atom is -0.451 e. The largest absolute Gasteiger partial charge is 0.451 e. The van der Waals surface area contributed by atoms with E-state index < -0.39 is 0 Å². The number of carbonyl (C=O) groups excluding carboxylic acids is 1. The molecule has 6 nitrogen and oxygen atoms in total. The Morgan fingerprint density at radius 3 is 2.89 bits per heavy atom. The Balaban J connectivity index is 1.45. The van der Waals surface area contributed by atoms with Crippen molar-refractivity contribution in [2.45, 2.75) is 25.7 Å². The van der Waals surface area contributed by atoms with Gasteiger partial charge in [-0.05, 0) is 38.0 Å². The smallest absolute Gasteiger partial charge is 0.289 e. The summed E-state index contributed by atoms with van der Waals surface area (Å²) in [6, 6.07) is 13.7. The first-order valence-electron chi connectivity index (χ1n) is 9.29. The van der Waals surface area contributed by atoms with Crippen LogP contribution in [-0.2, 0) is 0 Å². The van der Waals surface area contributed by atoms with Crippen LogP contribution in [-0.4, -0.2) is 38.5 Å². The van der Waals surface area contributed by atoms with E-state index in [1.165, 1.54) is 0 Å². The lowest BCUT2D eigenvalue weighted by Gasteiger charge is -2.31. The SMILES string of the molecule is Cc1c(C(=O)N2CCCC(c3nnc4ccccn34)C2)oc2ccccc12. The number of aromatic nitrogens is 3. The molecule has 1 aliphatic heterocycles. The lowest BCUT2D eigenvalue weighted by atomic mass is 9.96. The van der Waals surface area contributed by atoms with Gasteiger partial charge in [0.25, 0.3) is 5.91 Å². The highest BCUT2D eigenvalue weighted by Gasteiger charge is 2.30. The second-order valence-electron chi connectivity index (χ2n) is 7.13. The number of amides is 1. The van der Waals surface area contributed by atoms with Gasteiger partial charge < -0.3 is 9.32 Å². The van der Waals surface area contributed by atoms with Crippen molar-refractivity contribution in [1.29, 1.82) is 0 Å². The maximum Gasteiger partial charge on any atom is 0.289 e. The van der Waals surface area contributed by atoms with Crippen LogP contribution in [0.25, 0.3) is 16.6 Å². The van der Waals surface area contributed by atoms with Gasteiger partial charge in [0.05, 0.1) is 0 Å². The summed E-state index contributed by atoms with van der Waals surface area (Å²) in [5, 5.41) is 9.64. The maximum absolute atomic E-state index is 13.2. The summed E-state index contributed by atoms with van der Waals surface area (Å²) in [5.74, 6) is 1.50. The fraction of sp³-hybridized carbons (Fsp3) is 0.286. The third-order valence-electron chi connectivity index (χ3n) is 5.45. The number of piperidine rings is 1. The molecule has 0 radical (unpaired) electrons. The number of hydrogen-bond donors (Lipinski definition) is 0. The molecular weight excluding hydrogens is 340 g/mol. The predicted octanol–water partition coefficient (Wildman–Crippen LogP) is 3.80. The molecule has 5 rings (SSSR count). The number of likely N-dealkylation sites (tertiary alicyclic amines) is 1. The minimum absolute atomic E-state index is 0.0396. The molecule has 136 valence electrons. The molecule has 4 heterocycles. The highest BCUT2D eigenvalue weighted by atomic mass is 16.3. The van der Waals surface area contributed by atoms with Crippen molar-refractivity contribution in [1.82, 2.24) is 19.5 Å². The lowest BCUT2D eigenvalue weighted by Crippen LogP contribution is -2.39. The van der Waals surface area contributed by atoms with Crippen molar-refractivity contribution < 1.29 is 9.21 Å². The van der Waals surface area contributed by atoms with Gasteiger partial charge in [-0.1, -0.05) is 24.3 Å². The molecule has 4 aromatic rings. The number of benzene rings is 1. The Kier molecular flexibility index (Phi) is 3.70. The Morgan fingerprint density at radius 1 is 1.15 bits per heavy atom. The molecule has 1 fully saturated rings. The summed E-state index contributed by atoms with van der Waals surface area (Å²) >= 11 is 0. The van der Waals surface area contributed by atoms with Crippen LogP contribution in [0, 0.1) is 6.92 Å². The fourth-order valence-electron chi connectivity index (χ4n) is 4.03. The molecule has 0 saturated carbocycles. The van der Waals surface area contributed by atoms with Crippen LogP contribution in [0.3, 0.4) is 0 Å². The van der Waals surface area contributed by atoms with Gasteiger partial charge in [-0.15, -0.1) is 10.2 Å². The van der Waals surface area contributed by atoms with E-state index in [2.05, 4.69) is 10.2 Å². The molecule has 1 unspecified atom stereocenters. The van der Waals surface area contributed by atoms with Crippen molar-refractivity contribution in [2.75, 3.05) is 13.1 Å². The Hall–Kier alpha value is -3.15. The van der Waals surface area contributed by atoms with Crippen molar-refractivity contribution in [2.24, 2.45) is 0 Å². The van der Waals surface area contributed by atoms with Crippen LogP contribution in [0.4, 0.5) is 0 Å². The standard InChI is InChI=1S/C21H20N4O2/c1-14-16-8-2-3-9-17(16)27-19(14)21(26)24-11-6-7-15(13-24)20-23-22-18-10-4-5-12-25(18)20/h2-5,8-10,12,15H,6-7,11,13H2,1H3. The van der Waals surface area contributed by atoms with Crippen molar-refractivity contribution in [3.8, 4) is 0 Å². The number of furan rings is 1. The zero-order chi connectivity index (χ0) is 18.4. The van der Waals surface area contributed by atoms with Crippen LogP contribution in [0.2, 0.25) is 0 Å². The number of nitrogens with zero attached hydrogens (tertiary/aromatic N) is 4. The van der Waals surface area contributed by atoms with Crippen molar-refractivity contribution >= 4 is 22.5 Å². The zero-order valence-electron chi connectivity index (χ0n) is 15.1. The maximum atomic E-state index is 13.2. The molecule has 0 spiro atoms. The van der Waals surface area contributed by atoms with Gasteiger partial charge in [-0.3, -0.25) is 9.20 Å². The molecule has 1 amide bonds. The van der Waals surface area contributed by atoms with Crippen LogP contribution < -0.4 is 0 Å². The summed E-state index contributed by atoms with van der Waals surface area (Å²) in [6.45, 7) is 3.32. The van der Waals surface area contributed by atoms with Gasteiger partial charge in [-0.2, -0.15) is 0 Å². The van der Waals surface area contributed by atoms with Gasteiger partial charge in [0.15, 0.2) is 11.4 Å². The first kappa shape index (κ1) is 16.1. The Bertz CT molecular complexity index is 1140. The van der Waals surface area contributed by atoms with E-state index in [0.29, 0.717) is 12.3 Å². The Labute approximate surface area is 156 Å². The van der Waals surface area contributed by atoms with E-state index in [4.69, 9.17) is 4.42 Å². The first-order chi connectivity index (χ1) is 13.2. The first-order valence-corrected chi connectivity index (χ1v) is 9.29. The van der Waals surface area contributed by atoms with Gasteiger partial charge in [0.2, 0.25) is 0 Å². The number of carbonyl (C=O) groups is 1. The van der Waals surface area contributed by atoms with Crippen LogP contribution in [0.5, 0.6) is 0 Å². The molecule has 1 aromatic carbocycles. The Morgan fingerprint density at radius 2 is 2.00 bits per heavy atom. The molecule has 1 saturated heterocycles. The molecule has 0 aliphatic carbocycles. The van der Waals surface area contributed by atoms with E-state index in [1.807, 2.05) is 64.9 Å². The van der Waals surface area contributed by atoms with Gasteiger partial charge in [0.1, 0.15) is 11.4 Å². The summed E-state index contributed by atoms with van der Waals surface area (Å²) in [7, 11) is 0. The average molecular weight is 360 g/mol. The molecule has 1 atom stereocenters. The monoisotopic (exact) mass is 360 g/mol. The molecule has 27 heavy (non-hydrogen) atoms. The molecule has 0 bridgehead atoms. The summed E-state index contributed by atoms with van der Waals surface area (Å²) < 4.78 is 7.90. The third kappa shape index (κ3) is 2.60. The summed E-state index contributed by atoms with van der Waals surface area (Å²) in [5.41, 5.74) is 2.50. The van der Waals surface area contributed by atoms with E-state index >= 15 is 0 Å². The summed E-state index contributed by atoms with van der Waals surface area (Å²) in [6.07, 6.45) is 3.92. The molecule has 6 heteroatoms. The van der Waals surface area contributed by atoms with Crippen LogP contribution in [0.15, 0.2) is 53.1 Å². The van der Waals surface area contributed by atoms with E-state index in [1.54, 1.807) is 0 Å². The topological polar surface area (TPSA) is 63.6 Å². The predicted molar refractivity (Wildman–Crippen MR) is 102 cm³/mol. The normalized spacial score (nSPS) is 17.7. The van der Waals surface area contributed by atoms with E-state index in [0.717, 1.165) is 47.4 Å². The number of pyridine rings is 1. The number of rotatable bonds is 2. The zero-order valence-corrected chi connectivity index (χ0v) is 15.1. The number of aryl methyl sites for hydroxylation is 1. The van der Waals surface area contributed by atoms with E-state index in [9.17, 15) is 4.79 Å². The van der Waals surface area contributed by atoms with Gasteiger partial charge >= 0.3 is 0 Å². The quantitative estimate of drug-likeness (QED) is 0.545. The average Bonchev–Trinajstić information content (AvgIpc) is 3.29. The number of para-hydroxylation sites is 1. The molecular formula is C21H20N4O2. The second kappa shape index (κ2) is 6.23. The van der Waals surface area contributed by atoms with Crippen LogP contribution >= 0.6 is 0 Å². The van der Waals surface area contributed by atoms with Gasteiger partial charge in [-0.25, -0.2) is 0 Å². The highest BCUT2D eigenvalue weighted by Crippen LogP contribution is 2.30. The number of hydrogen-bond acceptors (Lipinski definition) is 4. The fourth-order valence-corrected chi connectivity index (χ4v) is 4.03. The molecule has 0 N–H and O–H groups in total. The summed E-state index contributed by atoms with van der Waals surface area (Å²) in [4.78, 5) is 15.1. The van der Waals surface area contributed by atoms with Crippen LogP contribution in [0.1, 0.15) is 40.7 Å². The highest BCUT2D eigenvalue weighted by molar-refractivity contribution is 5.99. The minimum atomic E-state index is -0.0396. The third-order valence-corrected chi connectivity index (χ3v) is 5.45. The molecule has 1 aliphatic rings. The molecule has 3 aromatic heterocycles. The number of fused-ring (bicyclic) bond motifs is 2. The second-order valence-corrected chi connectivity index (χ2v) is 7.13.